The van der Waals surface area contributed by atoms with Crippen LogP contribution in [-0.2, 0) is 13.0 Å². The molecule has 1 unspecified atom stereocenters. The Labute approximate surface area is 203 Å². The van der Waals surface area contributed by atoms with Crippen LogP contribution in [0.1, 0.15) is 36.8 Å². The molecule has 2 fully saturated rings. The Morgan fingerprint density at radius 1 is 0.794 bits per heavy atom. The standard InChI is InChI=1S/C30H35N3O/c1-6-17-32(18-7-1)26-11-8-9-24(21-26)15-19-31-20-16-27(22-31)33-28-12-3-2-10-25(28)23-34-30-14-5-4-13-29(30)33/h2-5,8-14,21,27H,1,6-7,15-20,22-23H2. The number of benzene rings is 3. The highest BCUT2D eigenvalue weighted by Crippen LogP contribution is 2.42. The van der Waals surface area contributed by atoms with Crippen molar-refractivity contribution >= 4 is 17.1 Å². The maximum atomic E-state index is 6.20. The Kier molecular flexibility index (Phi) is 6.15. The van der Waals surface area contributed by atoms with E-state index in [9.17, 15) is 0 Å². The third-order valence-corrected chi connectivity index (χ3v) is 7.72. The first kappa shape index (κ1) is 21.5. The van der Waals surface area contributed by atoms with Crippen LogP contribution in [0.15, 0.2) is 72.8 Å². The molecule has 176 valence electrons. The largest absolute Gasteiger partial charge is 0.487 e. The number of hydrogen-bond acceptors (Lipinski definition) is 4. The number of para-hydroxylation sites is 3. The Morgan fingerprint density at radius 2 is 1.62 bits per heavy atom. The van der Waals surface area contributed by atoms with Crippen LogP contribution in [0.5, 0.6) is 5.75 Å². The minimum absolute atomic E-state index is 0.462. The Hall–Kier alpha value is -2.98. The summed E-state index contributed by atoms with van der Waals surface area (Å²) in [5, 5.41) is 0. The van der Waals surface area contributed by atoms with Crippen LogP contribution in [0, 0.1) is 0 Å². The van der Waals surface area contributed by atoms with E-state index in [2.05, 4.69) is 87.5 Å². The molecule has 4 nitrogen and oxygen atoms in total. The van der Waals surface area contributed by atoms with E-state index in [-0.39, 0.29) is 0 Å². The van der Waals surface area contributed by atoms with Crippen molar-refractivity contribution in [1.29, 1.82) is 0 Å². The fourth-order valence-corrected chi connectivity index (χ4v) is 5.90. The second-order valence-electron chi connectivity index (χ2n) is 9.97. The van der Waals surface area contributed by atoms with E-state index in [4.69, 9.17) is 4.74 Å². The van der Waals surface area contributed by atoms with Gasteiger partial charge in [0.2, 0.25) is 0 Å². The quantitative estimate of drug-likeness (QED) is 0.470. The first-order valence-corrected chi connectivity index (χ1v) is 13.0. The molecule has 3 aliphatic heterocycles. The van der Waals surface area contributed by atoms with Gasteiger partial charge in [-0.2, -0.15) is 0 Å². The molecule has 0 radical (unpaired) electrons. The van der Waals surface area contributed by atoms with Gasteiger partial charge in [0.15, 0.2) is 0 Å². The van der Waals surface area contributed by atoms with Gasteiger partial charge in [-0.15, -0.1) is 0 Å². The predicted molar refractivity (Wildman–Crippen MR) is 140 cm³/mol. The van der Waals surface area contributed by atoms with Gasteiger partial charge in [0.25, 0.3) is 0 Å². The van der Waals surface area contributed by atoms with Gasteiger partial charge in [0, 0.05) is 55.7 Å². The minimum atomic E-state index is 0.462. The Bertz CT molecular complexity index is 1080. The molecular formula is C30H35N3O. The number of piperidine rings is 1. The molecular weight excluding hydrogens is 418 g/mol. The first-order chi connectivity index (χ1) is 16.8. The summed E-state index contributed by atoms with van der Waals surface area (Å²) in [4.78, 5) is 7.76. The summed E-state index contributed by atoms with van der Waals surface area (Å²) in [6, 6.07) is 27.0. The molecule has 2 saturated heterocycles. The Morgan fingerprint density at radius 3 is 2.53 bits per heavy atom. The SMILES string of the molecule is c1cc(CCN2CCC(N3c4ccccc4COc4ccccc43)C2)cc(N2CCCCC2)c1. The number of nitrogens with zero attached hydrogens (tertiary/aromatic N) is 3. The van der Waals surface area contributed by atoms with Crippen LogP contribution in [0.4, 0.5) is 17.1 Å². The van der Waals surface area contributed by atoms with Crippen molar-refractivity contribution in [2.45, 2.75) is 44.8 Å². The van der Waals surface area contributed by atoms with E-state index < -0.39 is 0 Å². The van der Waals surface area contributed by atoms with Gasteiger partial charge in [-0.3, -0.25) is 0 Å². The van der Waals surface area contributed by atoms with Crippen molar-refractivity contribution in [3.63, 3.8) is 0 Å². The Balaban J connectivity index is 1.16. The van der Waals surface area contributed by atoms with Crippen LogP contribution in [-0.4, -0.2) is 43.7 Å². The molecule has 3 aromatic rings. The van der Waals surface area contributed by atoms with E-state index in [0.29, 0.717) is 12.6 Å². The van der Waals surface area contributed by atoms with Gasteiger partial charge in [-0.25, -0.2) is 0 Å². The number of likely N-dealkylation sites (tertiary alicyclic amines) is 1. The third kappa shape index (κ3) is 4.39. The number of ether oxygens (including phenoxy) is 1. The van der Waals surface area contributed by atoms with Gasteiger partial charge in [0.1, 0.15) is 12.4 Å². The highest BCUT2D eigenvalue weighted by Gasteiger charge is 2.32. The van der Waals surface area contributed by atoms with Crippen molar-refractivity contribution in [3.8, 4) is 5.75 Å². The highest BCUT2D eigenvalue weighted by molar-refractivity contribution is 5.73. The molecule has 0 N–H and O–H groups in total. The lowest BCUT2D eigenvalue weighted by molar-refractivity contribution is 0.310. The van der Waals surface area contributed by atoms with Gasteiger partial charge in [0.05, 0.1) is 5.69 Å². The van der Waals surface area contributed by atoms with Gasteiger partial charge in [-0.05, 0) is 68.0 Å². The molecule has 0 aromatic heterocycles. The minimum Gasteiger partial charge on any atom is -0.487 e. The lowest BCUT2D eigenvalue weighted by atomic mass is 10.1. The molecule has 34 heavy (non-hydrogen) atoms. The highest BCUT2D eigenvalue weighted by atomic mass is 16.5. The number of fused-ring (bicyclic) bond motifs is 2. The zero-order chi connectivity index (χ0) is 22.7. The topological polar surface area (TPSA) is 19.0 Å². The predicted octanol–water partition coefficient (Wildman–Crippen LogP) is 6.02. The zero-order valence-corrected chi connectivity index (χ0v) is 20.0. The third-order valence-electron chi connectivity index (χ3n) is 7.72. The summed E-state index contributed by atoms with van der Waals surface area (Å²) in [5.74, 6) is 0.992. The van der Waals surface area contributed by atoms with E-state index in [1.54, 1.807) is 0 Å². The molecule has 0 spiro atoms. The van der Waals surface area contributed by atoms with Crippen LogP contribution in [0.25, 0.3) is 0 Å². The van der Waals surface area contributed by atoms with Crippen molar-refractivity contribution in [1.82, 2.24) is 4.90 Å². The molecule has 0 amide bonds. The average molecular weight is 454 g/mol. The van der Waals surface area contributed by atoms with Crippen LogP contribution >= 0.6 is 0 Å². The second-order valence-corrected chi connectivity index (χ2v) is 9.97. The summed E-state index contributed by atoms with van der Waals surface area (Å²) in [7, 11) is 0. The maximum absolute atomic E-state index is 6.20. The molecule has 1 atom stereocenters. The fraction of sp³-hybridized carbons (Fsp3) is 0.400. The van der Waals surface area contributed by atoms with E-state index in [1.165, 1.54) is 67.0 Å². The van der Waals surface area contributed by atoms with Gasteiger partial charge in [-0.1, -0.05) is 42.5 Å². The smallest absolute Gasteiger partial charge is 0.143 e. The van der Waals surface area contributed by atoms with E-state index >= 15 is 0 Å². The van der Waals surface area contributed by atoms with Crippen LogP contribution in [0.2, 0.25) is 0 Å². The summed E-state index contributed by atoms with van der Waals surface area (Å²) in [5.41, 5.74) is 6.65. The number of hydrogen-bond donors (Lipinski definition) is 0. The molecule has 0 aliphatic carbocycles. The van der Waals surface area contributed by atoms with Gasteiger partial charge < -0.3 is 19.4 Å². The first-order valence-electron chi connectivity index (χ1n) is 13.0. The fourth-order valence-electron chi connectivity index (χ4n) is 5.90. The summed E-state index contributed by atoms with van der Waals surface area (Å²) < 4.78 is 6.20. The van der Waals surface area contributed by atoms with Crippen molar-refractivity contribution in [3.05, 3.63) is 83.9 Å². The monoisotopic (exact) mass is 453 g/mol. The van der Waals surface area contributed by atoms with Crippen LogP contribution in [0.3, 0.4) is 0 Å². The molecule has 3 aliphatic rings. The lowest BCUT2D eigenvalue weighted by Crippen LogP contribution is -2.35. The van der Waals surface area contributed by atoms with Crippen LogP contribution < -0.4 is 14.5 Å². The van der Waals surface area contributed by atoms with Crippen molar-refractivity contribution < 1.29 is 4.74 Å². The summed E-state index contributed by atoms with van der Waals surface area (Å²) in [6.45, 7) is 6.41. The van der Waals surface area contributed by atoms with E-state index in [1.807, 2.05) is 0 Å². The molecule has 6 rings (SSSR count). The molecule has 0 bridgehead atoms. The number of anilines is 3. The molecule has 3 heterocycles. The number of rotatable bonds is 5. The summed E-state index contributed by atoms with van der Waals surface area (Å²) >= 11 is 0. The average Bonchev–Trinajstić information content (AvgIpc) is 3.30. The normalized spacial score (nSPS) is 20.4. The van der Waals surface area contributed by atoms with Crippen molar-refractivity contribution in [2.24, 2.45) is 0 Å². The molecule has 4 heteroatoms. The molecule has 0 saturated carbocycles. The zero-order valence-electron chi connectivity index (χ0n) is 20.0. The summed E-state index contributed by atoms with van der Waals surface area (Å²) in [6.07, 6.45) is 6.33. The maximum Gasteiger partial charge on any atom is 0.143 e. The second kappa shape index (κ2) is 9.71. The van der Waals surface area contributed by atoms with Gasteiger partial charge >= 0.3 is 0 Å². The van der Waals surface area contributed by atoms with E-state index in [0.717, 1.165) is 31.8 Å². The van der Waals surface area contributed by atoms with Crippen molar-refractivity contribution in [2.75, 3.05) is 42.5 Å². The molecule has 3 aromatic carbocycles. The lowest BCUT2D eigenvalue weighted by Gasteiger charge is -2.32.